The van der Waals surface area contributed by atoms with E-state index in [1.807, 2.05) is 6.92 Å². The standard InChI is InChI=1S/C16H27NO4/c1-2-21-14(18)4-3-13-5-7-16(8-6-13)9-11-17(12-10-16)15(19)20/h13H,2-12H2,1H3,(H,19,20). The second-order valence-electron chi connectivity index (χ2n) is 6.56. The summed E-state index contributed by atoms with van der Waals surface area (Å²) in [6.07, 6.45) is 7.43. The van der Waals surface area contributed by atoms with E-state index in [1.54, 1.807) is 0 Å². The summed E-state index contributed by atoms with van der Waals surface area (Å²) in [6.45, 7) is 3.67. The number of hydrogen-bond acceptors (Lipinski definition) is 3. The first-order valence-corrected chi connectivity index (χ1v) is 8.18. The fraction of sp³-hybridized carbons (Fsp3) is 0.875. The number of ether oxygens (including phenoxy) is 1. The highest BCUT2D eigenvalue weighted by Gasteiger charge is 2.38. The Bertz CT molecular complexity index is 364. The molecule has 1 heterocycles. The fourth-order valence-electron chi connectivity index (χ4n) is 3.81. The van der Waals surface area contributed by atoms with Gasteiger partial charge < -0.3 is 14.7 Å². The molecule has 0 aromatic carbocycles. The average molecular weight is 297 g/mol. The van der Waals surface area contributed by atoms with E-state index in [2.05, 4.69) is 0 Å². The van der Waals surface area contributed by atoms with Crippen molar-refractivity contribution in [2.75, 3.05) is 19.7 Å². The van der Waals surface area contributed by atoms with Crippen LogP contribution >= 0.6 is 0 Å². The fourth-order valence-corrected chi connectivity index (χ4v) is 3.81. The molecule has 2 rings (SSSR count). The van der Waals surface area contributed by atoms with Gasteiger partial charge in [-0.05, 0) is 63.2 Å². The maximum Gasteiger partial charge on any atom is 0.407 e. The van der Waals surface area contributed by atoms with Gasteiger partial charge in [0.15, 0.2) is 0 Å². The molecule has 1 aliphatic heterocycles. The highest BCUT2D eigenvalue weighted by atomic mass is 16.5. The zero-order chi connectivity index (χ0) is 15.3. The number of piperidine rings is 1. The monoisotopic (exact) mass is 297 g/mol. The molecule has 0 atom stereocenters. The molecule has 21 heavy (non-hydrogen) atoms. The van der Waals surface area contributed by atoms with Crippen molar-refractivity contribution in [1.29, 1.82) is 0 Å². The van der Waals surface area contributed by atoms with Crippen molar-refractivity contribution < 1.29 is 19.4 Å². The lowest BCUT2D eigenvalue weighted by molar-refractivity contribution is -0.143. The van der Waals surface area contributed by atoms with Gasteiger partial charge in [0, 0.05) is 19.5 Å². The minimum Gasteiger partial charge on any atom is -0.466 e. The lowest BCUT2D eigenvalue weighted by atomic mass is 9.65. The molecule has 1 amide bonds. The Labute approximate surface area is 126 Å². The minimum atomic E-state index is -0.784. The van der Waals surface area contributed by atoms with Crippen LogP contribution in [-0.4, -0.2) is 41.8 Å². The van der Waals surface area contributed by atoms with Crippen molar-refractivity contribution in [3.63, 3.8) is 0 Å². The van der Waals surface area contributed by atoms with Crippen LogP contribution in [0.15, 0.2) is 0 Å². The quantitative estimate of drug-likeness (QED) is 0.809. The lowest BCUT2D eigenvalue weighted by Crippen LogP contribution is -2.44. The summed E-state index contributed by atoms with van der Waals surface area (Å²) in [5.74, 6) is 0.560. The molecule has 1 saturated heterocycles. The van der Waals surface area contributed by atoms with Gasteiger partial charge in [0.05, 0.1) is 6.61 Å². The molecule has 2 aliphatic rings. The number of hydrogen-bond donors (Lipinski definition) is 1. The number of rotatable bonds is 4. The van der Waals surface area contributed by atoms with Crippen LogP contribution in [0.3, 0.4) is 0 Å². The maximum absolute atomic E-state index is 11.4. The number of carboxylic acid groups (broad SMARTS) is 1. The van der Waals surface area contributed by atoms with Crippen LogP contribution in [0.5, 0.6) is 0 Å². The molecule has 2 fully saturated rings. The molecule has 0 aromatic heterocycles. The molecule has 0 bridgehead atoms. The summed E-state index contributed by atoms with van der Waals surface area (Å²) in [4.78, 5) is 23.9. The molecule has 1 spiro atoms. The Morgan fingerprint density at radius 1 is 1.19 bits per heavy atom. The van der Waals surface area contributed by atoms with E-state index in [0.29, 0.717) is 37.5 Å². The van der Waals surface area contributed by atoms with Gasteiger partial charge in [0.25, 0.3) is 0 Å². The van der Waals surface area contributed by atoms with E-state index in [9.17, 15) is 9.59 Å². The molecule has 0 aromatic rings. The third-order valence-electron chi connectivity index (χ3n) is 5.32. The summed E-state index contributed by atoms with van der Waals surface area (Å²) in [5.41, 5.74) is 0.367. The van der Waals surface area contributed by atoms with E-state index in [0.717, 1.165) is 19.3 Å². The normalized spacial score (nSPS) is 22.2. The van der Waals surface area contributed by atoms with Gasteiger partial charge in [-0.25, -0.2) is 4.79 Å². The van der Waals surface area contributed by atoms with E-state index < -0.39 is 6.09 Å². The minimum absolute atomic E-state index is 0.0763. The van der Waals surface area contributed by atoms with Gasteiger partial charge in [-0.1, -0.05) is 0 Å². The molecule has 120 valence electrons. The van der Waals surface area contributed by atoms with Gasteiger partial charge in [-0.2, -0.15) is 0 Å². The van der Waals surface area contributed by atoms with E-state index >= 15 is 0 Å². The smallest absolute Gasteiger partial charge is 0.407 e. The molecular formula is C16H27NO4. The van der Waals surface area contributed by atoms with Crippen LogP contribution in [0.4, 0.5) is 4.79 Å². The van der Waals surface area contributed by atoms with Crippen molar-refractivity contribution >= 4 is 12.1 Å². The average Bonchev–Trinajstić information content (AvgIpc) is 2.48. The maximum atomic E-state index is 11.4. The second-order valence-corrected chi connectivity index (χ2v) is 6.56. The highest BCUT2D eigenvalue weighted by molar-refractivity contribution is 5.69. The molecule has 5 heteroatoms. The third-order valence-corrected chi connectivity index (χ3v) is 5.32. The number of nitrogens with zero attached hydrogens (tertiary/aromatic N) is 1. The van der Waals surface area contributed by atoms with E-state index in [1.165, 1.54) is 30.6 Å². The van der Waals surface area contributed by atoms with Crippen LogP contribution in [0.1, 0.15) is 58.3 Å². The molecule has 5 nitrogen and oxygen atoms in total. The molecular weight excluding hydrogens is 270 g/mol. The van der Waals surface area contributed by atoms with Crippen molar-refractivity contribution in [3.05, 3.63) is 0 Å². The highest BCUT2D eigenvalue weighted by Crippen LogP contribution is 2.47. The molecule has 1 saturated carbocycles. The van der Waals surface area contributed by atoms with Crippen LogP contribution in [-0.2, 0) is 9.53 Å². The Morgan fingerprint density at radius 2 is 1.81 bits per heavy atom. The van der Waals surface area contributed by atoms with Gasteiger partial charge in [-0.15, -0.1) is 0 Å². The van der Waals surface area contributed by atoms with E-state index in [-0.39, 0.29) is 5.97 Å². The number of esters is 1. The Kier molecular flexibility index (Phi) is 5.48. The first-order chi connectivity index (χ1) is 10.0. The Morgan fingerprint density at radius 3 is 2.33 bits per heavy atom. The van der Waals surface area contributed by atoms with Gasteiger partial charge in [0.2, 0.25) is 0 Å². The summed E-state index contributed by atoms with van der Waals surface area (Å²) in [5, 5.41) is 9.01. The van der Waals surface area contributed by atoms with E-state index in [4.69, 9.17) is 9.84 Å². The second kappa shape index (κ2) is 7.14. The van der Waals surface area contributed by atoms with Crippen molar-refractivity contribution in [2.24, 2.45) is 11.3 Å². The van der Waals surface area contributed by atoms with Gasteiger partial charge in [0.1, 0.15) is 0 Å². The topological polar surface area (TPSA) is 66.8 Å². The van der Waals surface area contributed by atoms with Crippen LogP contribution in [0, 0.1) is 11.3 Å². The number of likely N-dealkylation sites (tertiary alicyclic amines) is 1. The Hall–Kier alpha value is -1.26. The van der Waals surface area contributed by atoms with Gasteiger partial charge in [-0.3, -0.25) is 4.79 Å². The summed E-state index contributed by atoms with van der Waals surface area (Å²) >= 11 is 0. The molecule has 1 aliphatic carbocycles. The number of carbonyl (C=O) groups is 2. The SMILES string of the molecule is CCOC(=O)CCC1CCC2(CC1)CCN(C(=O)O)CC2. The predicted octanol–water partition coefficient (Wildman–Crippen LogP) is 3.28. The van der Waals surface area contributed by atoms with Crippen LogP contribution in [0.25, 0.3) is 0 Å². The van der Waals surface area contributed by atoms with Crippen LogP contribution in [0.2, 0.25) is 0 Å². The first-order valence-electron chi connectivity index (χ1n) is 8.18. The molecule has 0 radical (unpaired) electrons. The number of amides is 1. The van der Waals surface area contributed by atoms with Gasteiger partial charge >= 0.3 is 12.1 Å². The summed E-state index contributed by atoms with van der Waals surface area (Å²) < 4.78 is 4.98. The third kappa shape index (κ3) is 4.35. The lowest BCUT2D eigenvalue weighted by Gasteiger charge is -2.45. The molecule has 1 N–H and O–H groups in total. The molecule has 0 unspecified atom stereocenters. The van der Waals surface area contributed by atoms with Crippen molar-refractivity contribution in [2.45, 2.75) is 58.3 Å². The first kappa shape index (κ1) is 16.1. The zero-order valence-corrected chi connectivity index (χ0v) is 13.0. The number of carbonyl (C=O) groups excluding carboxylic acids is 1. The van der Waals surface area contributed by atoms with Crippen molar-refractivity contribution in [3.8, 4) is 0 Å². The largest absolute Gasteiger partial charge is 0.466 e. The summed E-state index contributed by atoms with van der Waals surface area (Å²) in [6, 6.07) is 0. The van der Waals surface area contributed by atoms with Crippen LogP contribution < -0.4 is 0 Å². The Balaban J connectivity index is 1.71. The predicted molar refractivity (Wildman–Crippen MR) is 79.1 cm³/mol. The summed E-state index contributed by atoms with van der Waals surface area (Å²) in [7, 11) is 0. The zero-order valence-electron chi connectivity index (χ0n) is 13.0. The van der Waals surface area contributed by atoms with Crippen molar-refractivity contribution in [1.82, 2.24) is 4.90 Å².